The average molecular weight is 418 g/mol. The molecule has 1 aliphatic rings. The van der Waals surface area contributed by atoms with Crippen LogP contribution in [0.15, 0.2) is 60.2 Å². The molecule has 0 radical (unpaired) electrons. The number of amides is 1. The molecule has 7 heteroatoms. The van der Waals surface area contributed by atoms with Crippen molar-refractivity contribution in [1.82, 2.24) is 19.9 Å². The van der Waals surface area contributed by atoms with Crippen LogP contribution in [0.5, 0.6) is 0 Å². The van der Waals surface area contributed by atoms with E-state index in [0.29, 0.717) is 6.42 Å². The summed E-state index contributed by atoms with van der Waals surface area (Å²) < 4.78 is 0. The molecule has 0 spiro atoms. The quantitative estimate of drug-likeness (QED) is 0.490. The summed E-state index contributed by atoms with van der Waals surface area (Å²) in [7, 11) is 0. The molecule has 1 amide bonds. The van der Waals surface area contributed by atoms with E-state index < -0.39 is 0 Å². The van der Waals surface area contributed by atoms with Gasteiger partial charge in [0.1, 0.15) is 5.65 Å². The summed E-state index contributed by atoms with van der Waals surface area (Å²) in [5, 5.41) is 7.55. The van der Waals surface area contributed by atoms with Crippen molar-refractivity contribution in [2.75, 3.05) is 18.4 Å². The molecule has 5 rings (SSSR count). The van der Waals surface area contributed by atoms with Crippen LogP contribution in [0, 0.1) is 0 Å². The minimum Gasteiger partial charge on any atom is -0.357 e. The average Bonchev–Trinajstić information content (AvgIpc) is 3.52. The lowest BCUT2D eigenvalue weighted by atomic mass is 10.1. The maximum absolute atomic E-state index is 12.6. The lowest BCUT2D eigenvalue weighted by Crippen LogP contribution is -2.31. The largest absolute Gasteiger partial charge is 0.357 e. The first-order valence-electron chi connectivity index (χ1n) is 10.2. The summed E-state index contributed by atoms with van der Waals surface area (Å²) >= 11 is 1.60. The zero-order chi connectivity index (χ0) is 20.3. The fourth-order valence-corrected chi connectivity index (χ4v) is 4.75. The van der Waals surface area contributed by atoms with Crippen LogP contribution in [0.3, 0.4) is 0 Å². The summed E-state index contributed by atoms with van der Waals surface area (Å²) in [6.07, 6.45) is 6.04. The van der Waals surface area contributed by atoms with Gasteiger partial charge in [-0.05, 0) is 30.5 Å². The summed E-state index contributed by atoms with van der Waals surface area (Å²) in [6, 6.07) is 14.4. The number of H-pyrrole nitrogens is 1. The highest BCUT2D eigenvalue weighted by atomic mass is 32.1. The maximum atomic E-state index is 12.6. The Labute approximate surface area is 179 Å². The maximum Gasteiger partial charge on any atom is 0.222 e. The summed E-state index contributed by atoms with van der Waals surface area (Å²) in [4.78, 5) is 26.9. The molecule has 1 saturated heterocycles. The van der Waals surface area contributed by atoms with E-state index in [-0.39, 0.29) is 11.9 Å². The number of anilines is 1. The molecule has 1 aromatic carbocycles. The standard InChI is InChI=1S/C23H23N5OS/c29-21(9-8-16-5-2-1-3-6-16)28-12-10-17(14-28)26-23-27-20(15-30-23)19-13-25-22-18(19)7-4-11-24-22/h1-7,11,13,15,17H,8-10,12,14H2,(H,24,25)(H,26,27). The minimum atomic E-state index is 0.231. The topological polar surface area (TPSA) is 73.9 Å². The van der Waals surface area contributed by atoms with Crippen LogP contribution >= 0.6 is 11.3 Å². The number of pyridine rings is 1. The minimum absolute atomic E-state index is 0.231. The van der Waals surface area contributed by atoms with E-state index in [2.05, 4.69) is 38.9 Å². The Balaban J connectivity index is 1.18. The van der Waals surface area contributed by atoms with Gasteiger partial charge in [-0.25, -0.2) is 9.97 Å². The van der Waals surface area contributed by atoms with E-state index in [1.54, 1.807) is 17.5 Å². The normalized spacial score (nSPS) is 16.3. The number of hydrogen-bond donors (Lipinski definition) is 2. The van der Waals surface area contributed by atoms with Crippen molar-refractivity contribution in [2.24, 2.45) is 0 Å². The van der Waals surface area contributed by atoms with Crippen LogP contribution in [0.25, 0.3) is 22.3 Å². The second-order valence-corrected chi connectivity index (χ2v) is 8.45. The number of carbonyl (C=O) groups is 1. The van der Waals surface area contributed by atoms with Gasteiger partial charge in [-0.15, -0.1) is 11.3 Å². The Hall–Kier alpha value is -3.19. The molecule has 0 saturated carbocycles. The molecule has 4 heterocycles. The van der Waals surface area contributed by atoms with Gasteiger partial charge in [-0.1, -0.05) is 30.3 Å². The van der Waals surface area contributed by atoms with E-state index in [1.807, 2.05) is 35.4 Å². The molecule has 2 N–H and O–H groups in total. The van der Waals surface area contributed by atoms with Crippen LogP contribution in [0.4, 0.5) is 5.13 Å². The number of fused-ring (bicyclic) bond motifs is 1. The Morgan fingerprint density at radius 1 is 1.23 bits per heavy atom. The highest BCUT2D eigenvalue weighted by Crippen LogP contribution is 2.31. The number of carbonyl (C=O) groups excluding carboxylic acids is 1. The number of rotatable bonds is 6. The van der Waals surface area contributed by atoms with Crippen LogP contribution in [-0.2, 0) is 11.2 Å². The van der Waals surface area contributed by atoms with Crippen LogP contribution in [-0.4, -0.2) is 44.9 Å². The SMILES string of the molecule is O=C(CCc1ccccc1)N1CCC(Nc2nc(-c3c[nH]c4ncccc34)cs2)C1. The van der Waals surface area contributed by atoms with E-state index in [1.165, 1.54) is 5.56 Å². The Morgan fingerprint density at radius 2 is 2.13 bits per heavy atom. The molecule has 1 atom stereocenters. The fourth-order valence-electron chi connectivity index (χ4n) is 3.96. The lowest BCUT2D eigenvalue weighted by Gasteiger charge is -2.17. The van der Waals surface area contributed by atoms with Crippen LogP contribution in [0.2, 0.25) is 0 Å². The lowest BCUT2D eigenvalue weighted by molar-refractivity contribution is -0.130. The predicted octanol–water partition coefficient (Wildman–Crippen LogP) is 4.33. The van der Waals surface area contributed by atoms with E-state index >= 15 is 0 Å². The van der Waals surface area contributed by atoms with Crippen molar-refractivity contribution in [3.8, 4) is 11.3 Å². The number of aryl methyl sites for hydroxylation is 1. The third kappa shape index (κ3) is 3.93. The molecule has 1 fully saturated rings. The molecule has 0 aliphatic carbocycles. The van der Waals surface area contributed by atoms with Gasteiger partial charge >= 0.3 is 0 Å². The molecule has 152 valence electrons. The van der Waals surface area contributed by atoms with Gasteiger partial charge in [0.2, 0.25) is 5.91 Å². The van der Waals surface area contributed by atoms with Crippen molar-refractivity contribution in [1.29, 1.82) is 0 Å². The molecule has 30 heavy (non-hydrogen) atoms. The molecular formula is C23H23N5OS. The molecule has 1 aliphatic heterocycles. The van der Waals surface area contributed by atoms with E-state index in [9.17, 15) is 4.79 Å². The zero-order valence-corrected chi connectivity index (χ0v) is 17.4. The number of nitrogens with one attached hydrogen (secondary N) is 2. The van der Waals surface area contributed by atoms with Gasteiger partial charge in [0.25, 0.3) is 0 Å². The molecule has 4 aromatic rings. The van der Waals surface area contributed by atoms with Crippen molar-refractivity contribution in [3.05, 3.63) is 65.8 Å². The van der Waals surface area contributed by atoms with Gasteiger partial charge in [0.05, 0.1) is 5.69 Å². The first-order chi connectivity index (χ1) is 14.8. The third-order valence-corrected chi connectivity index (χ3v) is 6.34. The highest BCUT2D eigenvalue weighted by molar-refractivity contribution is 7.14. The van der Waals surface area contributed by atoms with Gasteiger partial charge < -0.3 is 15.2 Å². The van der Waals surface area contributed by atoms with Crippen molar-refractivity contribution < 1.29 is 4.79 Å². The highest BCUT2D eigenvalue weighted by Gasteiger charge is 2.26. The number of benzene rings is 1. The summed E-state index contributed by atoms with van der Waals surface area (Å²) in [6.45, 7) is 1.54. The fraction of sp³-hybridized carbons (Fsp3) is 0.261. The van der Waals surface area contributed by atoms with Crippen molar-refractivity contribution in [3.63, 3.8) is 0 Å². The molecular weight excluding hydrogens is 394 g/mol. The van der Waals surface area contributed by atoms with E-state index in [0.717, 1.165) is 53.4 Å². The van der Waals surface area contributed by atoms with Gasteiger partial charge in [-0.2, -0.15) is 0 Å². The number of aromatic amines is 1. The molecule has 1 unspecified atom stereocenters. The number of thiazole rings is 1. The number of aromatic nitrogens is 3. The Kier molecular flexibility index (Phi) is 5.19. The first-order valence-corrected chi connectivity index (χ1v) is 11.1. The second-order valence-electron chi connectivity index (χ2n) is 7.60. The zero-order valence-electron chi connectivity index (χ0n) is 16.5. The number of likely N-dealkylation sites (tertiary alicyclic amines) is 1. The summed E-state index contributed by atoms with van der Waals surface area (Å²) in [5.41, 5.74) is 4.08. The first kappa shape index (κ1) is 18.8. The van der Waals surface area contributed by atoms with Crippen molar-refractivity contribution >= 4 is 33.4 Å². The second kappa shape index (κ2) is 8.28. The monoisotopic (exact) mass is 417 g/mol. The van der Waals surface area contributed by atoms with Crippen LogP contribution in [0.1, 0.15) is 18.4 Å². The van der Waals surface area contributed by atoms with Gasteiger partial charge in [-0.3, -0.25) is 4.79 Å². The van der Waals surface area contributed by atoms with Crippen LogP contribution < -0.4 is 5.32 Å². The van der Waals surface area contributed by atoms with Crippen molar-refractivity contribution in [2.45, 2.75) is 25.3 Å². The third-order valence-electron chi connectivity index (χ3n) is 5.57. The van der Waals surface area contributed by atoms with Gasteiger partial charge in [0, 0.05) is 54.3 Å². The Bertz CT molecular complexity index is 1150. The summed E-state index contributed by atoms with van der Waals surface area (Å²) in [5.74, 6) is 0.231. The predicted molar refractivity (Wildman–Crippen MR) is 121 cm³/mol. The molecule has 0 bridgehead atoms. The van der Waals surface area contributed by atoms with Gasteiger partial charge in [0.15, 0.2) is 5.13 Å². The van der Waals surface area contributed by atoms with E-state index in [4.69, 9.17) is 4.98 Å². The number of nitrogens with zero attached hydrogens (tertiary/aromatic N) is 3. The smallest absolute Gasteiger partial charge is 0.222 e. The molecule has 3 aromatic heterocycles. The number of hydrogen-bond acceptors (Lipinski definition) is 5. The molecule has 6 nitrogen and oxygen atoms in total. The Morgan fingerprint density at radius 3 is 3.03 bits per heavy atom.